The molecule has 0 aromatic heterocycles. The normalized spacial score (nSPS) is 18.9. The Morgan fingerprint density at radius 3 is 2.31 bits per heavy atom. The monoisotopic (exact) mass is 406 g/mol. The van der Waals surface area contributed by atoms with Gasteiger partial charge in [-0.25, -0.2) is 5.01 Å². The van der Waals surface area contributed by atoms with Gasteiger partial charge in [0.05, 0.1) is 18.0 Å². The number of benzene rings is 1. The summed E-state index contributed by atoms with van der Waals surface area (Å²) in [5, 5.41) is 13.3. The summed E-state index contributed by atoms with van der Waals surface area (Å²) < 4.78 is 4.79. The van der Waals surface area contributed by atoms with Crippen LogP contribution in [0.2, 0.25) is 0 Å². The van der Waals surface area contributed by atoms with E-state index in [0.717, 1.165) is 9.91 Å². The highest BCUT2D eigenvalue weighted by Crippen LogP contribution is 2.32. The number of carbonyl (C=O) groups is 4. The third-order valence-corrected chi connectivity index (χ3v) is 4.48. The van der Waals surface area contributed by atoms with Gasteiger partial charge >= 0.3 is 5.97 Å². The van der Waals surface area contributed by atoms with Gasteiger partial charge in [0, 0.05) is 31.8 Å². The summed E-state index contributed by atoms with van der Waals surface area (Å²) in [6.07, 6.45) is -0.317. The first-order chi connectivity index (χ1) is 13.5. The summed E-state index contributed by atoms with van der Waals surface area (Å²) in [4.78, 5) is 61.2. The summed E-state index contributed by atoms with van der Waals surface area (Å²) >= 11 is 0. The van der Waals surface area contributed by atoms with Crippen LogP contribution in [-0.4, -0.2) is 76.3 Å². The Bertz CT molecular complexity index is 852. The molecule has 3 amide bonds. The van der Waals surface area contributed by atoms with Crippen LogP contribution in [0.3, 0.4) is 0 Å². The second-order valence-electron chi connectivity index (χ2n) is 6.81. The molecule has 0 unspecified atom stereocenters. The zero-order chi connectivity index (χ0) is 21.9. The first-order valence-electron chi connectivity index (χ1n) is 8.79. The van der Waals surface area contributed by atoms with Gasteiger partial charge in [-0.3, -0.25) is 39.2 Å². The number of carbonyl (C=O) groups excluding carboxylic acids is 4. The van der Waals surface area contributed by atoms with E-state index in [1.54, 1.807) is 6.92 Å². The lowest BCUT2D eigenvalue weighted by Gasteiger charge is -2.40. The molecule has 0 aliphatic carbocycles. The molecule has 1 aromatic rings. The fourth-order valence-electron chi connectivity index (χ4n) is 3.23. The fourth-order valence-corrected chi connectivity index (χ4v) is 3.23. The van der Waals surface area contributed by atoms with Crippen LogP contribution >= 0.6 is 0 Å². The number of esters is 1. The van der Waals surface area contributed by atoms with E-state index in [2.05, 4.69) is 0 Å². The lowest BCUT2D eigenvalue weighted by molar-refractivity contribution is -0.384. The third kappa shape index (κ3) is 4.24. The first kappa shape index (κ1) is 22.0. The molecule has 2 rings (SSSR count). The Labute approximate surface area is 166 Å². The van der Waals surface area contributed by atoms with Crippen LogP contribution in [0, 0.1) is 10.1 Å². The first-order valence-corrected chi connectivity index (χ1v) is 8.79. The SMILES string of the molecule is CCOC(=O)CN1C(=O)C[C@@](C)(N(C(=O)c2ccc([N+](=O)[O-])cc2)N(C)C)C1=O. The van der Waals surface area contributed by atoms with Gasteiger partial charge in [0.25, 0.3) is 17.5 Å². The number of hydrazine groups is 1. The number of amides is 3. The highest BCUT2D eigenvalue weighted by molar-refractivity contribution is 6.12. The average Bonchev–Trinajstić information content (AvgIpc) is 2.85. The van der Waals surface area contributed by atoms with Crippen LogP contribution in [0.5, 0.6) is 0 Å². The Morgan fingerprint density at radius 1 is 1.24 bits per heavy atom. The molecule has 0 radical (unpaired) electrons. The number of rotatable bonds is 7. The molecule has 11 heteroatoms. The quantitative estimate of drug-likeness (QED) is 0.278. The van der Waals surface area contributed by atoms with Crippen molar-refractivity contribution in [2.45, 2.75) is 25.8 Å². The van der Waals surface area contributed by atoms with Crippen molar-refractivity contribution in [1.82, 2.24) is 14.9 Å². The maximum Gasteiger partial charge on any atom is 0.326 e. The summed E-state index contributed by atoms with van der Waals surface area (Å²) in [5.41, 5.74) is -1.64. The van der Waals surface area contributed by atoms with E-state index in [1.807, 2.05) is 0 Å². The van der Waals surface area contributed by atoms with Crippen molar-refractivity contribution in [3.63, 3.8) is 0 Å². The van der Waals surface area contributed by atoms with Gasteiger partial charge < -0.3 is 4.74 Å². The molecule has 0 spiro atoms. The minimum absolute atomic E-state index is 0.106. The van der Waals surface area contributed by atoms with Crippen molar-refractivity contribution >= 4 is 29.4 Å². The lowest BCUT2D eigenvalue weighted by Crippen LogP contribution is -2.60. The summed E-state index contributed by atoms with van der Waals surface area (Å²) in [5.74, 6) is -2.66. The van der Waals surface area contributed by atoms with Crippen molar-refractivity contribution in [2.75, 3.05) is 27.2 Å². The smallest absolute Gasteiger partial charge is 0.326 e. The van der Waals surface area contributed by atoms with E-state index in [1.165, 1.54) is 50.3 Å². The molecule has 1 aliphatic heterocycles. The molecule has 1 atom stereocenters. The Morgan fingerprint density at radius 2 is 1.83 bits per heavy atom. The number of nitro benzene ring substituents is 1. The second kappa shape index (κ2) is 8.35. The molecule has 11 nitrogen and oxygen atoms in total. The molecule has 29 heavy (non-hydrogen) atoms. The number of nitrogens with zero attached hydrogens (tertiary/aromatic N) is 4. The van der Waals surface area contributed by atoms with E-state index in [9.17, 15) is 29.3 Å². The van der Waals surface area contributed by atoms with Gasteiger partial charge in [0.15, 0.2) is 0 Å². The number of imide groups is 1. The zero-order valence-electron chi connectivity index (χ0n) is 16.6. The molecule has 1 aliphatic rings. The van der Waals surface area contributed by atoms with E-state index in [-0.39, 0.29) is 24.3 Å². The lowest BCUT2D eigenvalue weighted by atomic mass is 9.98. The molecule has 156 valence electrons. The van der Waals surface area contributed by atoms with Crippen LogP contribution in [-0.2, 0) is 19.1 Å². The van der Waals surface area contributed by atoms with E-state index >= 15 is 0 Å². The summed E-state index contributed by atoms with van der Waals surface area (Å²) in [6.45, 7) is 2.61. The molecular weight excluding hydrogens is 384 g/mol. The predicted molar refractivity (Wildman–Crippen MR) is 99.3 cm³/mol. The van der Waals surface area contributed by atoms with Gasteiger partial charge in [-0.15, -0.1) is 0 Å². The molecule has 0 N–H and O–H groups in total. The highest BCUT2D eigenvalue weighted by atomic mass is 16.6. The standard InChI is InChI=1S/C18H22N4O7/c1-5-29-15(24)11-20-14(23)10-18(2,17(20)26)21(19(3)4)16(25)12-6-8-13(9-7-12)22(27)28/h6-9H,5,10-11H2,1-4H3/t18-/m1/s1. The van der Waals surface area contributed by atoms with Gasteiger partial charge in [-0.1, -0.05) is 0 Å². The number of ether oxygens (including phenoxy) is 1. The van der Waals surface area contributed by atoms with E-state index < -0.39 is 40.7 Å². The van der Waals surface area contributed by atoms with Crippen molar-refractivity contribution in [3.8, 4) is 0 Å². The minimum Gasteiger partial charge on any atom is -0.465 e. The van der Waals surface area contributed by atoms with Crippen molar-refractivity contribution < 1.29 is 28.8 Å². The van der Waals surface area contributed by atoms with Gasteiger partial charge in [-0.2, -0.15) is 0 Å². The number of hydrogen-bond donors (Lipinski definition) is 0. The van der Waals surface area contributed by atoms with Crippen molar-refractivity contribution in [1.29, 1.82) is 0 Å². The summed E-state index contributed by atoms with van der Waals surface area (Å²) in [6, 6.07) is 4.91. The second-order valence-corrected chi connectivity index (χ2v) is 6.81. The molecule has 0 saturated carbocycles. The highest BCUT2D eigenvalue weighted by Gasteiger charge is 2.55. The molecular formula is C18H22N4O7. The fraction of sp³-hybridized carbons (Fsp3) is 0.444. The Kier molecular flexibility index (Phi) is 6.32. The maximum absolute atomic E-state index is 13.1. The maximum atomic E-state index is 13.1. The van der Waals surface area contributed by atoms with Crippen LogP contribution in [0.1, 0.15) is 30.6 Å². The van der Waals surface area contributed by atoms with E-state index in [4.69, 9.17) is 4.74 Å². The third-order valence-electron chi connectivity index (χ3n) is 4.48. The van der Waals surface area contributed by atoms with Gasteiger partial charge in [-0.05, 0) is 26.0 Å². The molecule has 1 aromatic carbocycles. The number of non-ortho nitro benzene ring substituents is 1. The molecule has 0 bridgehead atoms. The van der Waals surface area contributed by atoms with Crippen molar-refractivity contribution in [2.24, 2.45) is 0 Å². The number of likely N-dealkylation sites (tertiary alicyclic amines) is 1. The zero-order valence-corrected chi connectivity index (χ0v) is 16.6. The van der Waals surface area contributed by atoms with Crippen LogP contribution < -0.4 is 0 Å². The topological polar surface area (TPSA) is 130 Å². The summed E-state index contributed by atoms with van der Waals surface area (Å²) in [7, 11) is 3.06. The molecule has 1 fully saturated rings. The van der Waals surface area contributed by atoms with Gasteiger partial charge in [0.1, 0.15) is 12.1 Å². The largest absolute Gasteiger partial charge is 0.465 e. The number of nitro groups is 1. The minimum atomic E-state index is -1.56. The molecule has 1 saturated heterocycles. The van der Waals surface area contributed by atoms with Crippen molar-refractivity contribution in [3.05, 3.63) is 39.9 Å². The molecule has 1 heterocycles. The predicted octanol–water partition coefficient (Wildman–Crippen LogP) is 0.594. The Hall–Kier alpha value is -3.34. The van der Waals surface area contributed by atoms with E-state index in [0.29, 0.717) is 0 Å². The van der Waals surface area contributed by atoms with Crippen LogP contribution in [0.25, 0.3) is 0 Å². The number of hydrogen-bond acceptors (Lipinski definition) is 8. The Balaban J connectivity index is 2.34. The van der Waals surface area contributed by atoms with Crippen LogP contribution in [0.4, 0.5) is 5.69 Å². The van der Waals surface area contributed by atoms with Crippen LogP contribution in [0.15, 0.2) is 24.3 Å². The average molecular weight is 406 g/mol. The van der Waals surface area contributed by atoms with Gasteiger partial charge in [0.2, 0.25) is 5.91 Å².